The fourth-order valence-corrected chi connectivity index (χ4v) is 3.38. The van der Waals surface area contributed by atoms with Crippen molar-refractivity contribution in [1.29, 1.82) is 0 Å². The summed E-state index contributed by atoms with van der Waals surface area (Å²) in [5.74, 6) is 1.68. The van der Waals surface area contributed by atoms with Crippen LogP contribution in [0.15, 0.2) is 53.4 Å². The number of benzene rings is 3. The Balaban J connectivity index is 2.32. The Labute approximate surface area is 139 Å². The molecule has 23 heavy (non-hydrogen) atoms. The van der Waals surface area contributed by atoms with Crippen LogP contribution in [0.3, 0.4) is 0 Å². The van der Waals surface area contributed by atoms with Crippen molar-refractivity contribution < 1.29 is 14.6 Å². The van der Waals surface area contributed by atoms with Gasteiger partial charge in [0, 0.05) is 27.5 Å². The van der Waals surface area contributed by atoms with Crippen LogP contribution in [0.25, 0.3) is 21.9 Å². The Bertz CT molecular complexity index is 833. The van der Waals surface area contributed by atoms with Crippen LogP contribution in [-0.2, 0) is 0 Å². The lowest BCUT2D eigenvalue weighted by molar-refractivity contribution is 0.393. The molecule has 0 fully saturated rings. The molecule has 0 aromatic heterocycles. The van der Waals surface area contributed by atoms with Crippen LogP contribution in [0.5, 0.6) is 17.2 Å². The highest BCUT2D eigenvalue weighted by atomic mass is 32.2. The van der Waals surface area contributed by atoms with Crippen molar-refractivity contribution in [3.8, 4) is 28.4 Å². The van der Waals surface area contributed by atoms with E-state index in [1.165, 1.54) is 0 Å². The van der Waals surface area contributed by atoms with Gasteiger partial charge in [-0.1, -0.05) is 30.3 Å². The molecule has 0 atom stereocenters. The molecule has 0 spiro atoms. The van der Waals surface area contributed by atoms with Crippen LogP contribution in [0.4, 0.5) is 0 Å². The molecule has 1 N–H and O–H groups in total. The average Bonchev–Trinajstić information content (AvgIpc) is 2.61. The number of hydrogen-bond acceptors (Lipinski definition) is 4. The van der Waals surface area contributed by atoms with Gasteiger partial charge in [0.1, 0.15) is 17.2 Å². The first kappa shape index (κ1) is 15.6. The average molecular weight is 326 g/mol. The molecule has 118 valence electrons. The van der Waals surface area contributed by atoms with Crippen molar-refractivity contribution in [1.82, 2.24) is 0 Å². The third-order valence-electron chi connectivity index (χ3n) is 3.88. The fraction of sp³-hybridized carbons (Fsp3) is 0.158. The number of rotatable bonds is 4. The van der Waals surface area contributed by atoms with Gasteiger partial charge in [0.25, 0.3) is 0 Å². The Hall–Kier alpha value is -2.33. The predicted octanol–water partition coefficient (Wildman–Crippen LogP) is 4.95. The van der Waals surface area contributed by atoms with E-state index < -0.39 is 0 Å². The van der Waals surface area contributed by atoms with Crippen LogP contribution in [0.2, 0.25) is 0 Å². The van der Waals surface area contributed by atoms with E-state index in [1.54, 1.807) is 26.0 Å². The van der Waals surface area contributed by atoms with Crippen LogP contribution in [0.1, 0.15) is 0 Å². The zero-order valence-electron chi connectivity index (χ0n) is 13.3. The molecule has 0 bridgehead atoms. The van der Waals surface area contributed by atoms with Gasteiger partial charge < -0.3 is 14.6 Å². The summed E-state index contributed by atoms with van der Waals surface area (Å²) in [7, 11) is 3.26. The zero-order chi connectivity index (χ0) is 16.4. The van der Waals surface area contributed by atoms with E-state index in [0.717, 1.165) is 32.5 Å². The minimum Gasteiger partial charge on any atom is -0.507 e. The lowest BCUT2D eigenvalue weighted by atomic mass is 9.98. The first-order chi connectivity index (χ1) is 11.2. The van der Waals surface area contributed by atoms with E-state index in [1.807, 2.05) is 54.8 Å². The number of methoxy groups -OCH3 is 2. The Morgan fingerprint density at radius 2 is 1.74 bits per heavy atom. The highest BCUT2D eigenvalue weighted by Crippen LogP contribution is 2.46. The molecule has 0 aliphatic carbocycles. The summed E-state index contributed by atoms with van der Waals surface area (Å²) in [6.07, 6.45) is 2.00. The maximum absolute atomic E-state index is 10.8. The molecule has 0 heterocycles. The van der Waals surface area contributed by atoms with Gasteiger partial charge >= 0.3 is 0 Å². The number of aromatic hydroxyl groups is 1. The summed E-state index contributed by atoms with van der Waals surface area (Å²) < 4.78 is 10.9. The van der Waals surface area contributed by atoms with Gasteiger partial charge in [-0.3, -0.25) is 0 Å². The quantitative estimate of drug-likeness (QED) is 0.688. The molecule has 3 aromatic rings. The second-order valence-corrected chi connectivity index (χ2v) is 5.94. The predicted molar refractivity (Wildman–Crippen MR) is 95.9 cm³/mol. The summed E-state index contributed by atoms with van der Waals surface area (Å²) in [5.41, 5.74) is 1.64. The van der Waals surface area contributed by atoms with Crippen molar-refractivity contribution in [2.45, 2.75) is 4.90 Å². The van der Waals surface area contributed by atoms with E-state index in [4.69, 9.17) is 9.47 Å². The van der Waals surface area contributed by atoms with E-state index in [-0.39, 0.29) is 5.75 Å². The second-order valence-electron chi connectivity index (χ2n) is 5.09. The van der Waals surface area contributed by atoms with Gasteiger partial charge in [0.05, 0.1) is 14.2 Å². The number of phenols is 1. The van der Waals surface area contributed by atoms with E-state index >= 15 is 0 Å². The smallest absolute Gasteiger partial charge is 0.131 e. The molecule has 0 aliphatic heterocycles. The van der Waals surface area contributed by atoms with Crippen molar-refractivity contribution >= 4 is 22.5 Å². The van der Waals surface area contributed by atoms with Gasteiger partial charge in [-0.25, -0.2) is 0 Å². The molecular weight excluding hydrogens is 308 g/mol. The van der Waals surface area contributed by atoms with Crippen molar-refractivity contribution in [2.24, 2.45) is 0 Å². The largest absolute Gasteiger partial charge is 0.507 e. The lowest BCUT2D eigenvalue weighted by Crippen LogP contribution is -1.94. The molecule has 0 radical (unpaired) electrons. The van der Waals surface area contributed by atoms with Crippen LogP contribution < -0.4 is 9.47 Å². The van der Waals surface area contributed by atoms with Crippen LogP contribution in [0, 0.1) is 0 Å². The number of phenolic OH excluding ortho intramolecular Hbond substituents is 1. The third-order valence-corrected chi connectivity index (χ3v) is 4.65. The highest BCUT2D eigenvalue weighted by Gasteiger charge is 2.18. The van der Waals surface area contributed by atoms with E-state index in [0.29, 0.717) is 5.75 Å². The number of fused-ring (bicyclic) bond motifs is 1. The molecule has 4 heteroatoms. The Kier molecular flexibility index (Phi) is 4.35. The van der Waals surface area contributed by atoms with Gasteiger partial charge in [0.15, 0.2) is 0 Å². The molecule has 0 aliphatic rings. The van der Waals surface area contributed by atoms with Gasteiger partial charge in [-0.05, 0) is 23.8 Å². The van der Waals surface area contributed by atoms with Crippen LogP contribution >= 0.6 is 11.8 Å². The summed E-state index contributed by atoms with van der Waals surface area (Å²) in [5, 5.41) is 12.6. The second kappa shape index (κ2) is 6.42. The number of thioether (sulfide) groups is 1. The third kappa shape index (κ3) is 2.70. The minimum absolute atomic E-state index is 0.266. The molecule has 0 saturated carbocycles. The lowest BCUT2D eigenvalue weighted by Gasteiger charge is -2.16. The molecule has 3 aromatic carbocycles. The van der Waals surface area contributed by atoms with Crippen LogP contribution in [-0.4, -0.2) is 25.6 Å². The molecule has 0 unspecified atom stereocenters. The van der Waals surface area contributed by atoms with Crippen molar-refractivity contribution in [3.63, 3.8) is 0 Å². The van der Waals surface area contributed by atoms with Crippen molar-refractivity contribution in [3.05, 3.63) is 48.5 Å². The summed E-state index contributed by atoms with van der Waals surface area (Å²) in [6.45, 7) is 0. The van der Waals surface area contributed by atoms with Gasteiger partial charge in [0.2, 0.25) is 0 Å². The summed E-state index contributed by atoms with van der Waals surface area (Å²) in [6, 6.07) is 15.5. The Morgan fingerprint density at radius 3 is 2.43 bits per heavy atom. The monoisotopic (exact) mass is 326 g/mol. The van der Waals surface area contributed by atoms with Gasteiger partial charge in [-0.15, -0.1) is 11.8 Å². The fourth-order valence-electron chi connectivity index (χ4n) is 2.73. The zero-order valence-corrected chi connectivity index (χ0v) is 14.1. The molecule has 3 nitrogen and oxygen atoms in total. The number of ether oxygens (including phenoxy) is 2. The first-order valence-electron chi connectivity index (χ1n) is 7.20. The maximum atomic E-state index is 10.8. The normalized spacial score (nSPS) is 10.7. The topological polar surface area (TPSA) is 38.7 Å². The SMILES string of the molecule is COc1cc(OC)c(-c2ccc3ccccc3c2O)c(SC)c1. The molecular formula is C19H18O3S. The number of hydrogen-bond donors (Lipinski definition) is 1. The van der Waals surface area contributed by atoms with E-state index in [2.05, 4.69) is 0 Å². The summed E-state index contributed by atoms with van der Waals surface area (Å²) in [4.78, 5) is 0.992. The maximum Gasteiger partial charge on any atom is 0.131 e. The molecule has 3 rings (SSSR count). The summed E-state index contributed by atoms with van der Waals surface area (Å²) >= 11 is 1.59. The standard InChI is InChI=1S/C19H18O3S/c1-21-13-10-16(22-2)18(17(11-13)23-3)15-9-8-12-6-4-5-7-14(12)19(15)20/h4-11,20H,1-3H3. The Morgan fingerprint density at radius 1 is 0.957 bits per heavy atom. The van der Waals surface area contributed by atoms with Crippen molar-refractivity contribution in [2.75, 3.05) is 20.5 Å². The minimum atomic E-state index is 0.266. The molecule has 0 saturated heterocycles. The first-order valence-corrected chi connectivity index (χ1v) is 8.43. The van der Waals surface area contributed by atoms with Gasteiger partial charge in [-0.2, -0.15) is 0 Å². The van der Waals surface area contributed by atoms with E-state index in [9.17, 15) is 5.11 Å². The highest BCUT2D eigenvalue weighted by molar-refractivity contribution is 7.98. The molecule has 0 amide bonds.